The van der Waals surface area contributed by atoms with Crippen LogP contribution in [0.15, 0.2) is 207 Å². The molecule has 4 nitrogen and oxygen atoms in total. The van der Waals surface area contributed by atoms with E-state index in [9.17, 15) is 0 Å². The molecule has 0 unspecified atom stereocenters. The number of para-hydroxylation sites is 1. The second kappa shape index (κ2) is 13.3. The molecule has 0 N–H and O–H groups in total. The van der Waals surface area contributed by atoms with Gasteiger partial charge < -0.3 is 4.57 Å². The molecule has 0 spiro atoms. The van der Waals surface area contributed by atoms with E-state index in [2.05, 4.69) is 192 Å². The Bertz CT molecular complexity index is 3550. The molecule has 59 heavy (non-hydrogen) atoms. The summed E-state index contributed by atoms with van der Waals surface area (Å²) in [5.41, 5.74) is 11.9. The van der Waals surface area contributed by atoms with Gasteiger partial charge in [-0.15, -0.1) is 0 Å². The fraction of sp³-hybridized carbons (Fsp3) is 0. The molecule has 274 valence electrons. The Morgan fingerprint density at radius 1 is 0.322 bits per heavy atom. The van der Waals surface area contributed by atoms with Crippen LogP contribution in [0.3, 0.4) is 0 Å². The summed E-state index contributed by atoms with van der Waals surface area (Å²) in [7, 11) is 0. The molecule has 0 fully saturated rings. The maximum absolute atomic E-state index is 4.98. The Balaban J connectivity index is 0.988. The zero-order valence-corrected chi connectivity index (χ0v) is 31.9. The highest BCUT2D eigenvalue weighted by atomic mass is 15.0. The number of fused-ring (bicyclic) bond motifs is 7. The average Bonchev–Trinajstić information content (AvgIpc) is 3.65. The van der Waals surface area contributed by atoms with E-state index < -0.39 is 0 Å². The first kappa shape index (κ1) is 33.2. The molecule has 0 bridgehead atoms. The smallest absolute Gasteiger partial charge is 0.0887 e. The highest BCUT2D eigenvalue weighted by Gasteiger charge is 2.19. The topological polar surface area (TPSA) is 43.6 Å². The van der Waals surface area contributed by atoms with E-state index in [-0.39, 0.29) is 0 Å². The Labute approximate surface area is 340 Å². The predicted molar refractivity (Wildman–Crippen MR) is 246 cm³/mol. The Morgan fingerprint density at radius 2 is 0.864 bits per heavy atom. The van der Waals surface area contributed by atoms with Gasteiger partial charge in [-0.05, 0) is 119 Å². The minimum absolute atomic E-state index is 0.825. The average molecular weight is 751 g/mol. The van der Waals surface area contributed by atoms with Gasteiger partial charge in [-0.2, -0.15) is 0 Å². The van der Waals surface area contributed by atoms with Crippen LogP contribution in [0.4, 0.5) is 0 Å². The lowest BCUT2D eigenvalue weighted by Crippen LogP contribution is -1.96. The normalized spacial score (nSPS) is 11.7. The summed E-state index contributed by atoms with van der Waals surface area (Å²) in [6.45, 7) is 0. The first-order valence-electron chi connectivity index (χ1n) is 20.0. The molecule has 4 heterocycles. The number of rotatable bonds is 5. The van der Waals surface area contributed by atoms with Gasteiger partial charge in [0, 0.05) is 34.9 Å². The Morgan fingerprint density at radius 3 is 1.53 bits per heavy atom. The lowest BCUT2D eigenvalue weighted by atomic mass is 9.84. The molecule has 0 aliphatic heterocycles. The van der Waals surface area contributed by atoms with E-state index in [0.717, 1.165) is 44.6 Å². The van der Waals surface area contributed by atoms with E-state index in [4.69, 9.17) is 9.97 Å². The van der Waals surface area contributed by atoms with Crippen molar-refractivity contribution in [2.45, 2.75) is 0 Å². The van der Waals surface area contributed by atoms with Crippen LogP contribution in [0.25, 0.3) is 115 Å². The standard InChI is InChI=1S/C55H34N4/c1-3-11-37-29-40(19-17-35(37)9-1)54-45-14-5-6-15-46(45)55(41-20-18-36-10-2-4-12-38(36)30-41)48-31-39(21-24-47(48)54)42-22-25-50(57-32-42)51-26-23-43(33-58-51)59-52-16-8-7-13-44(52)49-34-56-28-27-53(49)59/h1-34H. The van der Waals surface area contributed by atoms with E-state index in [1.807, 2.05) is 24.8 Å². The molecule has 4 aromatic heterocycles. The first-order valence-corrected chi connectivity index (χ1v) is 20.0. The van der Waals surface area contributed by atoms with Crippen molar-refractivity contribution in [3.05, 3.63) is 207 Å². The van der Waals surface area contributed by atoms with Crippen molar-refractivity contribution in [2.75, 3.05) is 0 Å². The monoisotopic (exact) mass is 750 g/mol. The van der Waals surface area contributed by atoms with Gasteiger partial charge in [-0.25, -0.2) is 0 Å². The molecular formula is C55H34N4. The quantitative estimate of drug-likeness (QED) is 0.165. The molecule has 0 saturated heterocycles. The fourth-order valence-electron chi connectivity index (χ4n) is 9.15. The van der Waals surface area contributed by atoms with Crippen molar-refractivity contribution >= 4 is 64.9 Å². The molecule has 4 heteroatoms. The maximum Gasteiger partial charge on any atom is 0.0887 e. The number of nitrogens with zero attached hydrogens (tertiary/aromatic N) is 4. The number of hydrogen-bond donors (Lipinski definition) is 0. The van der Waals surface area contributed by atoms with Crippen molar-refractivity contribution in [3.8, 4) is 50.5 Å². The van der Waals surface area contributed by atoms with Crippen molar-refractivity contribution in [3.63, 3.8) is 0 Å². The van der Waals surface area contributed by atoms with Crippen molar-refractivity contribution in [2.24, 2.45) is 0 Å². The van der Waals surface area contributed by atoms with Gasteiger partial charge in [0.25, 0.3) is 0 Å². The summed E-state index contributed by atoms with van der Waals surface area (Å²) >= 11 is 0. The highest BCUT2D eigenvalue weighted by molar-refractivity contribution is 6.22. The zero-order valence-electron chi connectivity index (χ0n) is 31.9. The molecule has 12 rings (SSSR count). The van der Waals surface area contributed by atoms with Gasteiger partial charge in [-0.1, -0.05) is 133 Å². The van der Waals surface area contributed by atoms with Crippen LogP contribution in [0, 0.1) is 0 Å². The van der Waals surface area contributed by atoms with Crippen LogP contribution in [0.2, 0.25) is 0 Å². The summed E-state index contributed by atoms with van der Waals surface area (Å²) in [4.78, 5) is 14.3. The molecule has 8 aromatic carbocycles. The van der Waals surface area contributed by atoms with E-state index >= 15 is 0 Å². The van der Waals surface area contributed by atoms with Crippen molar-refractivity contribution in [1.29, 1.82) is 0 Å². The van der Waals surface area contributed by atoms with Gasteiger partial charge in [0.05, 0.1) is 34.3 Å². The molecular weight excluding hydrogens is 717 g/mol. The summed E-state index contributed by atoms with van der Waals surface area (Å²) in [5, 5.41) is 12.1. The summed E-state index contributed by atoms with van der Waals surface area (Å²) < 4.78 is 2.25. The molecule has 0 radical (unpaired) electrons. The molecule has 0 atom stereocenters. The van der Waals surface area contributed by atoms with E-state index in [0.29, 0.717) is 0 Å². The third-order valence-corrected chi connectivity index (χ3v) is 11.9. The number of benzene rings is 8. The van der Waals surface area contributed by atoms with Crippen LogP contribution in [-0.2, 0) is 0 Å². The zero-order chi connectivity index (χ0) is 38.9. The van der Waals surface area contributed by atoms with Gasteiger partial charge in [-0.3, -0.25) is 15.0 Å². The predicted octanol–water partition coefficient (Wildman–Crippen LogP) is 14.2. The van der Waals surface area contributed by atoms with Crippen molar-refractivity contribution < 1.29 is 0 Å². The fourth-order valence-corrected chi connectivity index (χ4v) is 9.15. The van der Waals surface area contributed by atoms with Crippen LogP contribution >= 0.6 is 0 Å². The molecule has 0 aliphatic rings. The number of aromatic nitrogens is 4. The molecule has 0 aliphatic carbocycles. The second-order valence-electron chi connectivity index (χ2n) is 15.3. The summed E-state index contributed by atoms with van der Waals surface area (Å²) in [6, 6.07) is 65.7. The van der Waals surface area contributed by atoms with Gasteiger partial charge in [0.1, 0.15) is 0 Å². The SMILES string of the molecule is c1ccc2cc(-c3c4ccccc4c(-c4ccc5ccccc5c4)c4cc(-c5ccc(-c6ccc(-n7c8ccccc8c8cnccc87)cn6)nc5)ccc34)ccc2c1. The largest absolute Gasteiger partial charge is 0.308 e. The van der Waals surface area contributed by atoms with Crippen LogP contribution < -0.4 is 0 Å². The molecule has 0 saturated carbocycles. The van der Waals surface area contributed by atoms with Gasteiger partial charge in [0.2, 0.25) is 0 Å². The van der Waals surface area contributed by atoms with Crippen LogP contribution in [0.5, 0.6) is 0 Å². The number of hydrogen-bond acceptors (Lipinski definition) is 3. The van der Waals surface area contributed by atoms with Gasteiger partial charge >= 0.3 is 0 Å². The second-order valence-corrected chi connectivity index (χ2v) is 15.3. The van der Waals surface area contributed by atoms with Gasteiger partial charge in [0.15, 0.2) is 0 Å². The third-order valence-electron chi connectivity index (χ3n) is 11.9. The Hall–Kier alpha value is -7.95. The van der Waals surface area contributed by atoms with Crippen molar-refractivity contribution in [1.82, 2.24) is 19.5 Å². The lowest BCUT2D eigenvalue weighted by Gasteiger charge is -2.19. The van der Waals surface area contributed by atoms with E-state index in [1.165, 1.54) is 70.7 Å². The number of pyridine rings is 3. The van der Waals surface area contributed by atoms with Crippen LogP contribution in [0.1, 0.15) is 0 Å². The third kappa shape index (κ3) is 5.42. The van der Waals surface area contributed by atoms with E-state index in [1.54, 1.807) is 0 Å². The highest BCUT2D eigenvalue weighted by Crippen LogP contribution is 2.46. The minimum Gasteiger partial charge on any atom is -0.308 e. The summed E-state index contributed by atoms with van der Waals surface area (Å²) in [6.07, 6.45) is 7.70. The summed E-state index contributed by atoms with van der Waals surface area (Å²) in [5.74, 6) is 0. The minimum atomic E-state index is 0.825. The first-order chi connectivity index (χ1) is 29.2. The lowest BCUT2D eigenvalue weighted by molar-refractivity contribution is 1.13. The molecule has 12 aromatic rings. The van der Waals surface area contributed by atoms with Crippen LogP contribution in [-0.4, -0.2) is 19.5 Å². The maximum atomic E-state index is 4.98. The molecule has 0 amide bonds. The Kier molecular flexibility index (Phi) is 7.50.